The highest BCUT2D eigenvalue weighted by Gasteiger charge is 2.12. The third-order valence-electron chi connectivity index (χ3n) is 2.21. The fourth-order valence-corrected chi connectivity index (χ4v) is 1.53. The van der Waals surface area contributed by atoms with Crippen LogP contribution in [0.1, 0.15) is 12.8 Å². The molecule has 12 heavy (non-hydrogen) atoms. The van der Waals surface area contributed by atoms with Crippen molar-refractivity contribution in [1.29, 1.82) is 0 Å². The Morgan fingerprint density at radius 1 is 1.42 bits per heavy atom. The van der Waals surface area contributed by atoms with E-state index in [4.69, 9.17) is 4.42 Å². The highest BCUT2D eigenvalue weighted by Crippen LogP contribution is 2.13. The molecule has 1 fully saturated rings. The Morgan fingerprint density at radius 3 is 2.92 bits per heavy atom. The molecule has 0 radical (unpaired) electrons. The predicted octanol–water partition coefficient (Wildman–Crippen LogP) is 1.44. The molecule has 0 spiro atoms. The van der Waals surface area contributed by atoms with Crippen LogP contribution in [0.3, 0.4) is 0 Å². The number of hydrogen-bond donors (Lipinski definition) is 2. The highest BCUT2D eigenvalue weighted by atomic mass is 16.3. The molecule has 0 saturated carbocycles. The van der Waals surface area contributed by atoms with Crippen molar-refractivity contribution in [3.8, 4) is 0 Å². The van der Waals surface area contributed by atoms with Gasteiger partial charge in [0.05, 0.1) is 6.26 Å². The first-order valence-corrected chi connectivity index (χ1v) is 4.46. The molecule has 3 heteroatoms. The molecule has 66 valence electrons. The lowest BCUT2D eigenvalue weighted by atomic mass is 10.1. The summed E-state index contributed by atoms with van der Waals surface area (Å²) >= 11 is 0. The number of nitrogens with one attached hydrogen (secondary N) is 2. The van der Waals surface area contributed by atoms with Crippen molar-refractivity contribution in [3.63, 3.8) is 0 Å². The van der Waals surface area contributed by atoms with Crippen molar-refractivity contribution in [2.24, 2.45) is 0 Å². The van der Waals surface area contributed by atoms with Crippen LogP contribution < -0.4 is 10.6 Å². The first kappa shape index (κ1) is 7.68. The minimum Gasteiger partial charge on any atom is -0.449 e. The fraction of sp³-hybridized carbons (Fsp3) is 0.556. The molecule has 0 atom stereocenters. The molecule has 1 aliphatic rings. The zero-order valence-electron chi connectivity index (χ0n) is 7.05. The molecule has 1 aromatic heterocycles. The summed E-state index contributed by atoms with van der Waals surface area (Å²) in [6.45, 7) is 2.22. The Morgan fingerprint density at radius 2 is 2.25 bits per heavy atom. The zero-order valence-corrected chi connectivity index (χ0v) is 7.05. The van der Waals surface area contributed by atoms with Crippen molar-refractivity contribution in [2.45, 2.75) is 18.9 Å². The van der Waals surface area contributed by atoms with Crippen LogP contribution in [-0.4, -0.2) is 19.1 Å². The first-order chi connectivity index (χ1) is 5.95. The van der Waals surface area contributed by atoms with Crippen LogP contribution in [0, 0.1) is 0 Å². The van der Waals surface area contributed by atoms with E-state index in [9.17, 15) is 0 Å². The van der Waals surface area contributed by atoms with Crippen LogP contribution in [0.25, 0.3) is 0 Å². The van der Waals surface area contributed by atoms with Gasteiger partial charge >= 0.3 is 0 Å². The van der Waals surface area contributed by atoms with E-state index in [1.54, 1.807) is 6.26 Å². The van der Waals surface area contributed by atoms with E-state index >= 15 is 0 Å². The zero-order chi connectivity index (χ0) is 8.23. The van der Waals surface area contributed by atoms with Gasteiger partial charge in [-0.3, -0.25) is 0 Å². The largest absolute Gasteiger partial charge is 0.449 e. The van der Waals surface area contributed by atoms with Crippen molar-refractivity contribution in [3.05, 3.63) is 18.4 Å². The molecule has 1 aliphatic heterocycles. The quantitative estimate of drug-likeness (QED) is 0.698. The number of piperidine rings is 1. The first-order valence-electron chi connectivity index (χ1n) is 4.46. The maximum Gasteiger partial charge on any atom is 0.192 e. The van der Waals surface area contributed by atoms with Crippen LogP contribution in [0.15, 0.2) is 22.8 Å². The Labute approximate surface area is 72.1 Å². The number of rotatable bonds is 2. The van der Waals surface area contributed by atoms with Crippen molar-refractivity contribution in [2.75, 3.05) is 18.4 Å². The van der Waals surface area contributed by atoms with E-state index < -0.39 is 0 Å². The third kappa shape index (κ3) is 1.80. The molecule has 1 saturated heterocycles. The molecule has 3 nitrogen and oxygen atoms in total. The van der Waals surface area contributed by atoms with Crippen molar-refractivity contribution < 1.29 is 4.42 Å². The second-order valence-corrected chi connectivity index (χ2v) is 3.15. The monoisotopic (exact) mass is 166 g/mol. The molecule has 0 aromatic carbocycles. The third-order valence-corrected chi connectivity index (χ3v) is 2.21. The Kier molecular flexibility index (Phi) is 2.32. The summed E-state index contributed by atoms with van der Waals surface area (Å²) in [5.74, 6) is 0.891. The Bertz CT molecular complexity index is 214. The summed E-state index contributed by atoms with van der Waals surface area (Å²) < 4.78 is 5.20. The lowest BCUT2D eigenvalue weighted by Gasteiger charge is -2.23. The molecule has 2 N–H and O–H groups in total. The molecule has 1 aromatic rings. The van der Waals surface area contributed by atoms with Gasteiger partial charge in [0.1, 0.15) is 0 Å². The van der Waals surface area contributed by atoms with Crippen molar-refractivity contribution in [1.82, 2.24) is 5.32 Å². The normalized spacial score (nSPS) is 19.3. The van der Waals surface area contributed by atoms with Crippen LogP contribution in [0.2, 0.25) is 0 Å². The van der Waals surface area contributed by atoms with E-state index in [-0.39, 0.29) is 0 Å². The molecule has 0 amide bonds. The minimum atomic E-state index is 0.581. The van der Waals surface area contributed by atoms with Crippen LogP contribution >= 0.6 is 0 Å². The lowest BCUT2D eigenvalue weighted by Crippen LogP contribution is -2.35. The average molecular weight is 166 g/mol. The second kappa shape index (κ2) is 3.63. The van der Waals surface area contributed by atoms with Gasteiger partial charge in [-0.15, -0.1) is 0 Å². The van der Waals surface area contributed by atoms with Gasteiger partial charge in [0.25, 0.3) is 0 Å². The summed E-state index contributed by atoms with van der Waals surface area (Å²) in [5, 5.41) is 6.68. The van der Waals surface area contributed by atoms with Gasteiger partial charge in [-0.2, -0.15) is 0 Å². The fourth-order valence-electron chi connectivity index (χ4n) is 1.53. The van der Waals surface area contributed by atoms with Gasteiger partial charge < -0.3 is 15.1 Å². The Hall–Kier alpha value is -0.960. The number of furan rings is 1. The van der Waals surface area contributed by atoms with Gasteiger partial charge in [0.15, 0.2) is 5.88 Å². The van der Waals surface area contributed by atoms with E-state index in [2.05, 4.69) is 10.6 Å². The SMILES string of the molecule is c1coc(NC2CCNCC2)c1. The van der Waals surface area contributed by atoms with Gasteiger partial charge in [-0.1, -0.05) is 0 Å². The maximum atomic E-state index is 5.20. The van der Waals surface area contributed by atoms with E-state index in [1.165, 1.54) is 12.8 Å². The summed E-state index contributed by atoms with van der Waals surface area (Å²) in [6, 6.07) is 4.45. The van der Waals surface area contributed by atoms with Gasteiger partial charge in [-0.25, -0.2) is 0 Å². The number of hydrogen-bond acceptors (Lipinski definition) is 3. The molecule has 0 unspecified atom stereocenters. The van der Waals surface area contributed by atoms with Crippen LogP contribution in [-0.2, 0) is 0 Å². The van der Waals surface area contributed by atoms with Gasteiger partial charge in [-0.05, 0) is 32.0 Å². The maximum absolute atomic E-state index is 5.20. The molecule has 2 rings (SSSR count). The van der Waals surface area contributed by atoms with E-state index in [1.807, 2.05) is 12.1 Å². The van der Waals surface area contributed by atoms with E-state index in [0.29, 0.717) is 6.04 Å². The minimum absolute atomic E-state index is 0.581. The molecule has 0 aliphatic carbocycles. The topological polar surface area (TPSA) is 37.2 Å². The smallest absolute Gasteiger partial charge is 0.192 e. The second-order valence-electron chi connectivity index (χ2n) is 3.15. The summed E-state index contributed by atoms with van der Waals surface area (Å²) in [6.07, 6.45) is 4.06. The molecular weight excluding hydrogens is 152 g/mol. The summed E-state index contributed by atoms with van der Waals surface area (Å²) in [4.78, 5) is 0. The Balaban J connectivity index is 1.86. The van der Waals surface area contributed by atoms with Crippen molar-refractivity contribution >= 4 is 5.88 Å². The number of anilines is 1. The van der Waals surface area contributed by atoms with Gasteiger partial charge in [0.2, 0.25) is 0 Å². The molecule has 0 bridgehead atoms. The summed E-state index contributed by atoms with van der Waals surface area (Å²) in [5.41, 5.74) is 0. The lowest BCUT2D eigenvalue weighted by molar-refractivity contribution is 0.465. The van der Waals surface area contributed by atoms with Gasteiger partial charge in [0, 0.05) is 12.1 Å². The molecule has 2 heterocycles. The van der Waals surface area contributed by atoms with Crippen LogP contribution in [0.5, 0.6) is 0 Å². The van der Waals surface area contributed by atoms with E-state index in [0.717, 1.165) is 19.0 Å². The van der Waals surface area contributed by atoms with Crippen LogP contribution in [0.4, 0.5) is 5.88 Å². The summed E-state index contributed by atoms with van der Waals surface area (Å²) in [7, 11) is 0. The average Bonchev–Trinajstić information content (AvgIpc) is 2.59. The predicted molar refractivity (Wildman–Crippen MR) is 48.2 cm³/mol. The standard InChI is InChI=1S/C9H14N2O/c1-2-9(12-7-1)11-8-3-5-10-6-4-8/h1-2,7-8,10-11H,3-6H2. The molecular formula is C9H14N2O. The highest BCUT2D eigenvalue weighted by molar-refractivity contribution is 5.31.